The summed E-state index contributed by atoms with van der Waals surface area (Å²) in [6.07, 6.45) is -1.42. The van der Waals surface area contributed by atoms with Gasteiger partial charge in [-0.15, -0.1) is 11.6 Å². The van der Waals surface area contributed by atoms with Gasteiger partial charge < -0.3 is 10.2 Å². The quantitative estimate of drug-likeness (QED) is 0.480. The highest BCUT2D eigenvalue weighted by Crippen LogP contribution is 2.20. The number of aliphatic hydroxyl groups is 1. The van der Waals surface area contributed by atoms with E-state index >= 15 is 0 Å². The molecule has 1 aromatic carbocycles. The normalized spacial score (nSPS) is 13.7. The first-order valence-corrected chi connectivity index (χ1v) is 5.50. The molecule has 1 rings (SSSR count). The molecular formula is C12H11ClO5. The maximum absolute atomic E-state index is 11.6. The lowest BCUT2D eigenvalue weighted by Gasteiger charge is -2.10. The van der Waals surface area contributed by atoms with Gasteiger partial charge in [-0.3, -0.25) is 9.59 Å². The SMILES string of the molecule is CC(Cl)C(=O)c1ccc(C(O)C(=O)O)c(C=O)c1. The molecule has 2 N–H and O–H groups in total. The van der Waals surface area contributed by atoms with E-state index in [2.05, 4.69) is 0 Å². The van der Waals surface area contributed by atoms with E-state index in [4.69, 9.17) is 16.7 Å². The Hall–Kier alpha value is -1.72. The summed E-state index contributed by atoms with van der Waals surface area (Å²) in [5.74, 6) is -1.85. The highest BCUT2D eigenvalue weighted by molar-refractivity contribution is 6.33. The van der Waals surface area contributed by atoms with E-state index in [1.165, 1.54) is 25.1 Å². The van der Waals surface area contributed by atoms with Crippen LogP contribution in [0.15, 0.2) is 18.2 Å². The van der Waals surface area contributed by atoms with Crippen molar-refractivity contribution in [3.8, 4) is 0 Å². The van der Waals surface area contributed by atoms with Gasteiger partial charge in [0.15, 0.2) is 11.9 Å². The van der Waals surface area contributed by atoms with Gasteiger partial charge >= 0.3 is 5.97 Å². The lowest BCUT2D eigenvalue weighted by atomic mass is 9.98. The second kappa shape index (κ2) is 5.75. The van der Waals surface area contributed by atoms with Gasteiger partial charge in [-0.1, -0.05) is 12.1 Å². The molecule has 96 valence electrons. The number of halogens is 1. The lowest BCUT2D eigenvalue weighted by Crippen LogP contribution is -2.15. The fourth-order valence-electron chi connectivity index (χ4n) is 1.44. The molecule has 0 aliphatic heterocycles. The largest absolute Gasteiger partial charge is 0.479 e. The zero-order valence-corrected chi connectivity index (χ0v) is 10.2. The molecule has 0 bridgehead atoms. The van der Waals surface area contributed by atoms with E-state index in [1.807, 2.05) is 0 Å². The van der Waals surface area contributed by atoms with Crippen molar-refractivity contribution in [2.45, 2.75) is 18.4 Å². The summed E-state index contributed by atoms with van der Waals surface area (Å²) >= 11 is 5.63. The number of aliphatic carboxylic acids is 1. The van der Waals surface area contributed by atoms with Crippen molar-refractivity contribution in [3.05, 3.63) is 34.9 Å². The number of Topliss-reactive ketones (excluding diaryl/α,β-unsaturated/α-hetero) is 1. The molecule has 1 aromatic rings. The third-order valence-corrected chi connectivity index (χ3v) is 2.59. The zero-order valence-electron chi connectivity index (χ0n) is 9.46. The van der Waals surface area contributed by atoms with E-state index in [9.17, 15) is 19.5 Å². The zero-order chi connectivity index (χ0) is 13.9. The van der Waals surface area contributed by atoms with Crippen molar-refractivity contribution in [1.82, 2.24) is 0 Å². The summed E-state index contributed by atoms with van der Waals surface area (Å²) in [6, 6.07) is 3.78. The van der Waals surface area contributed by atoms with E-state index in [0.717, 1.165) is 0 Å². The molecule has 0 aliphatic carbocycles. The molecule has 0 saturated heterocycles. The van der Waals surface area contributed by atoms with Gasteiger partial charge in [0.1, 0.15) is 6.29 Å². The van der Waals surface area contributed by atoms with E-state index < -0.39 is 17.5 Å². The number of hydrogen-bond acceptors (Lipinski definition) is 4. The molecule has 2 atom stereocenters. The Labute approximate surface area is 108 Å². The minimum Gasteiger partial charge on any atom is -0.479 e. The van der Waals surface area contributed by atoms with Gasteiger partial charge in [0, 0.05) is 16.7 Å². The predicted octanol–water partition coefficient (Wildman–Crippen LogP) is 1.43. The monoisotopic (exact) mass is 270 g/mol. The molecule has 0 aliphatic rings. The molecular weight excluding hydrogens is 260 g/mol. The second-order valence-corrected chi connectivity index (χ2v) is 4.34. The Morgan fingerprint density at radius 1 is 1.39 bits per heavy atom. The number of hydrogen-bond donors (Lipinski definition) is 2. The number of carbonyl (C=O) groups excluding carboxylic acids is 2. The molecule has 5 nitrogen and oxygen atoms in total. The van der Waals surface area contributed by atoms with Crippen LogP contribution in [0.3, 0.4) is 0 Å². The van der Waals surface area contributed by atoms with Gasteiger partial charge in [0.05, 0.1) is 5.38 Å². The van der Waals surface area contributed by atoms with Crippen LogP contribution in [0, 0.1) is 0 Å². The summed E-state index contributed by atoms with van der Waals surface area (Å²) in [5, 5.41) is 17.3. The molecule has 0 saturated carbocycles. The number of benzene rings is 1. The van der Waals surface area contributed by atoms with E-state index in [1.54, 1.807) is 0 Å². The number of alkyl halides is 1. The van der Waals surface area contributed by atoms with Crippen molar-refractivity contribution in [3.63, 3.8) is 0 Å². The van der Waals surface area contributed by atoms with Gasteiger partial charge in [-0.2, -0.15) is 0 Å². The molecule has 6 heteroatoms. The number of carboxylic acids is 1. The van der Waals surface area contributed by atoms with Gasteiger partial charge in [-0.05, 0) is 13.0 Å². The van der Waals surface area contributed by atoms with Crippen LogP contribution in [-0.2, 0) is 4.79 Å². The van der Waals surface area contributed by atoms with Gasteiger partial charge in [0.2, 0.25) is 0 Å². The number of aliphatic hydroxyl groups excluding tert-OH is 1. The summed E-state index contributed by atoms with van der Waals surface area (Å²) in [4.78, 5) is 33.1. The Morgan fingerprint density at radius 2 is 2.00 bits per heavy atom. The van der Waals surface area contributed by atoms with E-state index in [-0.39, 0.29) is 22.5 Å². The minimum atomic E-state index is -1.80. The average Bonchev–Trinajstić information content (AvgIpc) is 2.35. The Bertz CT molecular complexity index is 495. The van der Waals surface area contributed by atoms with Crippen LogP contribution < -0.4 is 0 Å². The molecule has 18 heavy (non-hydrogen) atoms. The molecule has 0 fully saturated rings. The number of carboxylic acid groups (broad SMARTS) is 1. The number of ketones is 1. The van der Waals surface area contributed by atoms with Crippen molar-refractivity contribution in [2.75, 3.05) is 0 Å². The summed E-state index contributed by atoms with van der Waals surface area (Å²) in [6.45, 7) is 1.49. The first-order chi connectivity index (χ1) is 8.38. The highest BCUT2D eigenvalue weighted by atomic mass is 35.5. The Kier molecular flexibility index (Phi) is 4.58. The third kappa shape index (κ3) is 2.94. The molecule has 2 unspecified atom stereocenters. The fraction of sp³-hybridized carbons (Fsp3) is 0.250. The minimum absolute atomic E-state index is 0.0481. The average molecular weight is 271 g/mol. The van der Waals surface area contributed by atoms with Crippen molar-refractivity contribution in [2.24, 2.45) is 0 Å². The first kappa shape index (κ1) is 14.3. The molecule has 0 heterocycles. The molecule has 0 amide bonds. The van der Waals surface area contributed by atoms with Crippen molar-refractivity contribution in [1.29, 1.82) is 0 Å². The van der Waals surface area contributed by atoms with Crippen LogP contribution in [0.25, 0.3) is 0 Å². The van der Waals surface area contributed by atoms with Crippen molar-refractivity contribution < 1.29 is 24.6 Å². The Balaban J connectivity index is 3.23. The van der Waals surface area contributed by atoms with Crippen LogP contribution in [-0.4, -0.2) is 33.6 Å². The highest BCUT2D eigenvalue weighted by Gasteiger charge is 2.21. The molecule has 0 spiro atoms. The van der Waals surface area contributed by atoms with Crippen LogP contribution >= 0.6 is 11.6 Å². The molecule has 0 radical (unpaired) electrons. The smallest absolute Gasteiger partial charge is 0.337 e. The van der Waals surface area contributed by atoms with Crippen LogP contribution in [0.2, 0.25) is 0 Å². The lowest BCUT2D eigenvalue weighted by molar-refractivity contribution is -0.146. The number of rotatable bonds is 5. The van der Waals surface area contributed by atoms with Crippen LogP contribution in [0.4, 0.5) is 0 Å². The third-order valence-electron chi connectivity index (χ3n) is 2.39. The maximum Gasteiger partial charge on any atom is 0.337 e. The fourth-order valence-corrected chi connectivity index (χ4v) is 1.57. The standard InChI is InChI=1S/C12H11ClO5/c1-6(13)10(15)7-2-3-9(8(4-7)5-14)11(16)12(17)18/h2-6,11,16H,1H3,(H,17,18). The van der Waals surface area contributed by atoms with Crippen molar-refractivity contribution >= 4 is 29.6 Å². The maximum atomic E-state index is 11.6. The summed E-state index contributed by atoms with van der Waals surface area (Å²) in [7, 11) is 0. The Morgan fingerprint density at radius 3 is 2.44 bits per heavy atom. The predicted molar refractivity (Wildman–Crippen MR) is 64.1 cm³/mol. The number of aldehydes is 1. The van der Waals surface area contributed by atoms with E-state index in [0.29, 0.717) is 6.29 Å². The summed E-state index contributed by atoms with van der Waals surface area (Å²) in [5.41, 5.74) is 0.0882. The van der Waals surface area contributed by atoms with Crippen LogP contribution in [0.1, 0.15) is 39.3 Å². The second-order valence-electron chi connectivity index (χ2n) is 3.68. The number of carbonyl (C=O) groups is 3. The molecule has 0 aromatic heterocycles. The van der Waals surface area contributed by atoms with Gasteiger partial charge in [0.25, 0.3) is 0 Å². The summed E-state index contributed by atoms with van der Waals surface area (Å²) < 4.78 is 0. The first-order valence-electron chi connectivity index (χ1n) is 5.06. The van der Waals surface area contributed by atoms with Gasteiger partial charge in [-0.25, -0.2) is 4.79 Å². The van der Waals surface area contributed by atoms with Crippen LogP contribution in [0.5, 0.6) is 0 Å². The topological polar surface area (TPSA) is 91.7 Å².